The number of hydrogen-bond donors (Lipinski definition) is 1. The monoisotopic (exact) mass is 550 g/mol. The van der Waals surface area contributed by atoms with Crippen molar-refractivity contribution in [1.29, 1.82) is 0 Å². The Bertz CT molecular complexity index is 1020. The normalized spacial score (nSPS) is 46.5. The van der Waals surface area contributed by atoms with E-state index in [1.54, 1.807) is 13.2 Å². The summed E-state index contributed by atoms with van der Waals surface area (Å²) >= 11 is 0. The molecule has 12 atom stereocenters. The zero-order valence-electron chi connectivity index (χ0n) is 23.7. The van der Waals surface area contributed by atoms with E-state index in [0.717, 1.165) is 6.42 Å². The van der Waals surface area contributed by atoms with Gasteiger partial charge in [-0.2, -0.15) is 0 Å². The highest BCUT2D eigenvalue weighted by atomic mass is 16.7. The van der Waals surface area contributed by atoms with Gasteiger partial charge in [-0.05, 0) is 43.6 Å². The van der Waals surface area contributed by atoms with Gasteiger partial charge in [0.15, 0.2) is 6.10 Å². The maximum Gasteiger partial charge on any atom is 0.309 e. The van der Waals surface area contributed by atoms with Crippen molar-refractivity contribution in [2.24, 2.45) is 34.5 Å². The van der Waals surface area contributed by atoms with Gasteiger partial charge in [-0.3, -0.25) is 14.4 Å². The molecule has 0 aromatic rings. The fraction of sp³-hybridized carbons (Fsp3) is 0.828. The average molecular weight is 551 g/mol. The highest BCUT2D eigenvalue weighted by Crippen LogP contribution is 2.70. The van der Waals surface area contributed by atoms with Crippen LogP contribution < -0.4 is 0 Å². The van der Waals surface area contributed by atoms with Crippen LogP contribution in [-0.4, -0.2) is 72.5 Å². The van der Waals surface area contributed by atoms with Crippen molar-refractivity contribution in [3.8, 4) is 0 Å². The van der Waals surface area contributed by atoms with Crippen LogP contribution in [0.15, 0.2) is 12.3 Å². The van der Waals surface area contributed by atoms with Gasteiger partial charge in [-0.15, -0.1) is 0 Å². The SMILES string of the molecule is CC[C@H](C)C(=O)OC1[C@H](O)C[C@@H]2[C@@](C)(C3C[C@H]4C=CO[C@H]4O3)[C@H](C)C[C@H](OC(C)=O)[C@@]2(COC(C)=O)[C@@]12CO2. The van der Waals surface area contributed by atoms with Crippen LogP contribution in [0.1, 0.15) is 67.2 Å². The molecule has 0 aromatic heterocycles. The van der Waals surface area contributed by atoms with Crippen LogP contribution in [0.4, 0.5) is 0 Å². The number of esters is 3. The van der Waals surface area contributed by atoms with E-state index in [-0.39, 0.29) is 55.7 Å². The van der Waals surface area contributed by atoms with Crippen LogP contribution in [0.3, 0.4) is 0 Å². The molecule has 1 N–H and O–H groups in total. The molecule has 10 nitrogen and oxygen atoms in total. The van der Waals surface area contributed by atoms with Gasteiger partial charge in [0.25, 0.3) is 0 Å². The third-order valence-corrected chi connectivity index (χ3v) is 10.6. The van der Waals surface area contributed by atoms with Crippen molar-refractivity contribution in [2.75, 3.05) is 13.2 Å². The Labute approximate surface area is 229 Å². The summed E-state index contributed by atoms with van der Waals surface area (Å²) in [5, 5.41) is 11.6. The van der Waals surface area contributed by atoms with E-state index in [9.17, 15) is 19.5 Å². The van der Waals surface area contributed by atoms with E-state index in [2.05, 4.69) is 13.8 Å². The highest BCUT2D eigenvalue weighted by molar-refractivity contribution is 5.72. The van der Waals surface area contributed by atoms with Gasteiger partial charge < -0.3 is 33.5 Å². The number of epoxide rings is 1. The minimum Gasteiger partial charge on any atom is -0.472 e. The van der Waals surface area contributed by atoms with Crippen LogP contribution in [-0.2, 0) is 42.8 Å². The lowest BCUT2D eigenvalue weighted by Crippen LogP contribution is -2.74. The van der Waals surface area contributed by atoms with Crippen molar-refractivity contribution in [3.63, 3.8) is 0 Å². The second kappa shape index (κ2) is 10.0. The van der Waals surface area contributed by atoms with E-state index in [0.29, 0.717) is 12.8 Å². The van der Waals surface area contributed by atoms with Crippen molar-refractivity contribution in [1.82, 2.24) is 0 Å². The zero-order chi connectivity index (χ0) is 28.3. The Morgan fingerprint density at radius 1 is 1.13 bits per heavy atom. The quantitative estimate of drug-likeness (QED) is 0.287. The summed E-state index contributed by atoms with van der Waals surface area (Å²) < 4.78 is 36.2. The second-order valence-electron chi connectivity index (χ2n) is 12.5. The Kier molecular flexibility index (Phi) is 7.29. The summed E-state index contributed by atoms with van der Waals surface area (Å²) in [6.45, 7) is 10.7. The lowest BCUT2D eigenvalue weighted by atomic mass is 9.41. The number of carbonyl (C=O) groups is 3. The Morgan fingerprint density at radius 3 is 2.44 bits per heavy atom. The smallest absolute Gasteiger partial charge is 0.309 e. The summed E-state index contributed by atoms with van der Waals surface area (Å²) in [4.78, 5) is 37.7. The van der Waals surface area contributed by atoms with Gasteiger partial charge in [0.05, 0.1) is 36.4 Å². The van der Waals surface area contributed by atoms with Gasteiger partial charge in [-0.1, -0.05) is 27.7 Å². The van der Waals surface area contributed by atoms with Crippen LogP contribution in [0.5, 0.6) is 0 Å². The van der Waals surface area contributed by atoms with E-state index in [1.165, 1.54) is 13.8 Å². The van der Waals surface area contributed by atoms with Gasteiger partial charge in [0, 0.05) is 25.2 Å². The maximum absolute atomic E-state index is 13.0. The second-order valence-corrected chi connectivity index (χ2v) is 12.5. The molecule has 0 aromatic carbocycles. The number of rotatable bonds is 7. The first-order valence-corrected chi connectivity index (χ1v) is 14.2. The molecule has 0 bridgehead atoms. The predicted molar refractivity (Wildman–Crippen MR) is 136 cm³/mol. The molecule has 39 heavy (non-hydrogen) atoms. The minimum atomic E-state index is -1.19. The highest BCUT2D eigenvalue weighted by Gasteiger charge is 2.81. The fourth-order valence-electron chi connectivity index (χ4n) is 8.01. The first kappa shape index (κ1) is 28.4. The van der Waals surface area contributed by atoms with Gasteiger partial charge in [0.2, 0.25) is 6.29 Å². The Morgan fingerprint density at radius 2 is 1.85 bits per heavy atom. The van der Waals surface area contributed by atoms with Crippen molar-refractivity contribution in [3.05, 3.63) is 12.3 Å². The topological polar surface area (TPSA) is 130 Å². The lowest BCUT2D eigenvalue weighted by Gasteiger charge is -2.65. The third kappa shape index (κ3) is 4.28. The summed E-state index contributed by atoms with van der Waals surface area (Å²) in [5.74, 6) is -1.97. The number of aliphatic hydroxyl groups excluding tert-OH is 1. The summed E-state index contributed by atoms with van der Waals surface area (Å²) in [5.41, 5.74) is -2.81. The first-order valence-electron chi connectivity index (χ1n) is 14.2. The molecule has 2 saturated carbocycles. The standard InChI is InChI=1S/C29H42O10/c1-7-15(2)25(33)39-24-20(32)12-21-27(6,22-11-19-8-9-34-26(19)38-22)16(3)10-23(37-18(5)31)28(21,13-35-17(4)30)29(24)14-36-29/h8-9,15-16,19-24,26,32H,7,10-14H2,1-6H3/t15-,16+,19+,20+,21+,22?,23-,24?,26-,27-,28-,29+/m0/s1. The van der Waals surface area contributed by atoms with Crippen LogP contribution in [0, 0.1) is 34.5 Å². The molecular formula is C29H42O10. The Balaban J connectivity index is 1.62. The first-order chi connectivity index (χ1) is 18.4. The van der Waals surface area contributed by atoms with Gasteiger partial charge in [-0.25, -0.2) is 0 Å². The summed E-state index contributed by atoms with van der Waals surface area (Å²) in [7, 11) is 0. The molecule has 0 radical (unpaired) electrons. The van der Waals surface area contributed by atoms with Crippen molar-refractivity contribution >= 4 is 17.9 Å². The molecule has 3 heterocycles. The third-order valence-electron chi connectivity index (χ3n) is 10.6. The number of aliphatic hydroxyl groups is 1. The van der Waals surface area contributed by atoms with Crippen LogP contribution >= 0.6 is 0 Å². The summed E-state index contributed by atoms with van der Waals surface area (Å²) in [6.07, 6.45) is 2.38. The van der Waals surface area contributed by atoms with E-state index in [1.807, 2.05) is 13.0 Å². The molecule has 3 aliphatic heterocycles. The minimum absolute atomic E-state index is 0.00678. The molecule has 2 aliphatic carbocycles. The molecule has 1 spiro atoms. The lowest BCUT2D eigenvalue weighted by molar-refractivity contribution is -0.284. The molecule has 218 valence electrons. The molecule has 4 fully saturated rings. The zero-order valence-corrected chi connectivity index (χ0v) is 23.7. The molecule has 2 unspecified atom stereocenters. The molecule has 10 heteroatoms. The molecule has 5 aliphatic rings. The van der Waals surface area contributed by atoms with Crippen LogP contribution in [0.25, 0.3) is 0 Å². The molecule has 5 rings (SSSR count). The largest absolute Gasteiger partial charge is 0.472 e. The van der Waals surface area contributed by atoms with Crippen molar-refractivity contribution in [2.45, 2.75) is 104 Å². The van der Waals surface area contributed by atoms with Crippen LogP contribution in [0.2, 0.25) is 0 Å². The number of ether oxygens (including phenoxy) is 6. The Hall–Kier alpha value is -2.17. The number of hydrogen-bond acceptors (Lipinski definition) is 10. The van der Waals surface area contributed by atoms with Crippen molar-refractivity contribution < 1.29 is 47.9 Å². The fourth-order valence-corrected chi connectivity index (χ4v) is 8.01. The number of fused-ring (bicyclic) bond motifs is 3. The van der Waals surface area contributed by atoms with Gasteiger partial charge in [0.1, 0.15) is 18.3 Å². The molecule has 0 amide bonds. The van der Waals surface area contributed by atoms with E-state index in [4.69, 9.17) is 28.4 Å². The van der Waals surface area contributed by atoms with E-state index < -0.39 is 52.7 Å². The van der Waals surface area contributed by atoms with E-state index >= 15 is 0 Å². The number of carbonyl (C=O) groups excluding carboxylic acids is 3. The summed E-state index contributed by atoms with van der Waals surface area (Å²) in [6, 6.07) is 0. The maximum atomic E-state index is 13.0. The van der Waals surface area contributed by atoms with Gasteiger partial charge >= 0.3 is 17.9 Å². The molecule has 2 saturated heterocycles. The predicted octanol–water partition coefficient (Wildman–Crippen LogP) is 2.90. The molecular weight excluding hydrogens is 508 g/mol. The average Bonchev–Trinajstić information content (AvgIpc) is 3.36.